The molecule has 0 spiro atoms. The van der Waals surface area contributed by atoms with E-state index < -0.39 is 17.6 Å². The Balaban J connectivity index is 1.50. The number of nitrogens with zero attached hydrogens (tertiary/aromatic N) is 2. The highest BCUT2D eigenvalue weighted by molar-refractivity contribution is 7.07. The molecule has 31 heavy (non-hydrogen) atoms. The number of amides is 2. The topological polar surface area (TPSA) is 63.5 Å². The summed E-state index contributed by atoms with van der Waals surface area (Å²) < 4.78 is 40.4. The lowest BCUT2D eigenvalue weighted by Crippen LogP contribution is -2.25. The first-order valence-corrected chi connectivity index (χ1v) is 10.5. The maximum Gasteiger partial charge on any atom is 0.416 e. The van der Waals surface area contributed by atoms with Gasteiger partial charge in [0.25, 0.3) is 11.8 Å². The van der Waals surface area contributed by atoms with Crippen molar-refractivity contribution in [1.29, 1.82) is 0 Å². The van der Waals surface area contributed by atoms with Crippen LogP contribution >= 0.6 is 11.3 Å². The van der Waals surface area contributed by atoms with Gasteiger partial charge in [-0.3, -0.25) is 9.59 Å². The highest BCUT2D eigenvalue weighted by atomic mass is 32.1. The summed E-state index contributed by atoms with van der Waals surface area (Å²) in [5.74, 6) is -0.839. The van der Waals surface area contributed by atoms with Crippen LogP contribution in [0.2, 0.25) is 0 Å². The first-order valence-electron chi connectivity index (χ1n) is 9.60. The van der Waals surface area contributed by atoms with Gasteiger partial charge in [0, 0.05) is 35.3 Å². The quantitative estimate of drug-likeness (QED) is 0.638. The fourth-order valence-corrected chi connectivity index (χ4v) is 3.67. The molecule has 2 aromatic carbocycles. The lowest BCUT2D eigenvalue weighted by molar-refractivity contribution is -0.137. The van der Waals surface area contributed by atoms with E-state index in [0.717, 1.165) is 30.5 Å². The molecule has 1 N–H and O–H groups in total. The van der Waals surface area contributed by atoms with Gasteiger partial charge >= 0.3 is 6.18 Å². The molecule has 0 atom stereocenters. The van der Waals surface area contributed by atoms with Gasteiger partial charge in [0.1, 0.15) is 0 Å². The largest absolute Gasteiger partial charge is 0.416 e. The van der Waals surface area contributed by atoms with Crippen LogP contribution < -0.4 is 10.1 Å². The van der Waals surface area contributed by atoms with Crippen LogP contribution in [0.1, 0.15) is 44.7 Å². The second-order valence-corrected chi connectivity index (χ2v) is 8.13. The predicted octanol–water partition coefficient (Wildman–Crippen LogP) is 4.25. The first-order chi connectivity index (χ1) is 14.8. The van der Waals surface area contributed by atoms with Crippen molar-refractivity contribution in [3.05, 3.63) is 87.2 Å². The Bertz CT molecular complexity index is 1180. The van der Waals surface area contributed by atoms with E-state index in [0.29, 0.717) is 16.9 Å². The lowest BCUT2D eigenvalue weighted by Gasteiger charge is -2.07. The van der Waals surface area contributed by atoms with E-state index in [4.69, 9.17) is 0 Å². The number of aromatic nitrogens is 1. The van der Waals surface area contributed by atoms with Crippen LogP contribution in [0.3, 0.4) is 0 Å². The second-order valence-electron chi connectivity index (χ2n) is 7.25. The highest BCUT2D eigenvalue weighted by Gasteiger charge is 2.30. The van der Waals surface area contributed by atoms with Gasteiger partial charge < -0.3 is 9.88 Å². The van der Waals surface area contributed by atoms with Gasteiger partial charge in [0.2, 0.25) is 0 Å². The van der Waals surface area contributed by atoms with Crippen molar-refractivity contribution in [2.24, 2.45) is 4.99 Å². The van der Waals surface area contributed by atoms with Crippen molar-refractivity contribution >= 4 is 23.2 Å². The average Bonchev–Trinajstić information content (AvgIpc) is 3.46. The van der Waals surface area contributed by atoms with Crippen molar-refractivity contribution in [2.75, 3.05) is 0 Å². The highest BCUT2D eigenvalue weighted by Crippen LogP contribution is 2.29. The molecule has 1 aromatic heterocycles. The average molecular weight is 445 g/mol. The Kier molecular flexibility index (Phi) is 5.77. The Morgan fingerprint density at radius 1 is 1.10 bits per heavy atom. The van der Waals surface area contributed by atoms with Crippen LogP contribution in [-0.2, 0) is 12.7 Å². The molecule has 0 bridgehead atoms. The van der Waals surface area contributed by atoms with Crippen molar-refractivity contribution in [3.63, 3.8) is 0 Å². The second kappa shape index (κ2) is 8.50. The molecule has 4 rings (SSSR count). The van der Waals surface area contributed by atoms with E-state index in [1.807, 2.05) is 12.1 Å². The fraction of sp³-hybridized carbons (Fsp3) is 0.227. The van der Waals surface area contributed by atoms with E-state index in [9.17, 15) is 22.8 Å². The normalized spacial score (nSPS) is 14.5. The van der Waals surface area contributed by atoms with Crippen LogP contribution in [-0.4, -0.2) is 22.4 Å². The van der Waals surface area contributed by atoms with E-state index in [-0.39, 0.29) is 17.5 Å². The Hall–Kier alpha value is -3.20. The van der Waals surface area contributed by atoms with Crippen molar-refractivity contribution in [3.8, 4) is 0 Å². The van der Waals surface area contributed by atoms with Crippen LogP contribution in [0, 0.1) is 0 Å². The maximum absolute atomic E-state index is 12.9. The van der Waals surface area contributed by atoms with Gasteiger partial charge in [-0.25, -0.2) is 0 Å². The number of halogens is 3. The molecule has 1 aliphatic carbocycles. The van der Waals surface area contributed by atoms with E-state index in [1.165, 1.54) is 23.5 Å². The molecular weight excluding hydrogens is 427 g/mol. The van der Waals surface area contributed by atoms with Gasteiger partial charge in [-0.05, 0) is 48.7 Å². The van der Waals surface area contributed by atoms with Crippen molar-refractivity contribution in [2.45, 2.75) is 31.6 Å². The van der Waals surface area contributed by atoms with Gasteiger partial charge in [-0.1, -0.05) is 18.2 Å². The smallest absolute Gasteiger partial charge is 0.349 e. The molecule has 2 amide bonds. The van der Waals surface area contributed by atoms with Gasteiger partial charge in [0.05, 0.1) is 5.56 Å². The number of nitrogens with one attached hydrogen (secondary N) is 1. The SMILES string of the molecule is O=C(N=c1sccn1Cc1ccc(C(=O)NC2CC2)cc1)c1cccc(C(F)(F)F)c1. The summed E-state index contributed by atoms with van der Waals surface area (Å²) >= 11 is 1.21. The molecule has 1 aliphatic rings. The first kappa shape index (κ1) is 21.0. The monoisotopic (exact) mass is 445 g/mol. The molecule has 1 saturated carbocycles. The third-order valence-electron chi connectivity index (χ3n) is 4.78. The molecule has 5 nitrogen and oxygen atoms in total. The molecule has 0 saturated heterocycles. The minimum Gasteiger partial charge on any atom is -0.349 e. The van der Waals surface area contributed by atoms with E-state index in [2.05, 4.69) is 10.3 Å². The number of hydrogen-bond donors (Lipinski definition) is 1. The summed E-state index contributed by atoms with van der Waals surface area (Å²) in [6.45, 7) is 0.405. The summed E-state index contributed by atoms with van der Waals surface area (Å²) in [7, 11) is 0. The minimum atomic E-state index is -4.53. The van der Waals surface area contributed by atoms with Crippen molar-refractivity contribution < 1.29 is 22.8 Å². The molecule has 0 radical (unpaired) electrons. The summed E-state index contributed by atoms with van der Waals surface area (Å²) in [5, 5.41) is 4.68. The zero-order valence-corrected chi connectivity index (χ0v) is 17.0. The number of hydrogen-bond acceptors (Lipinski definition) is 3. The number of thiazole rings is 1. The predicted molar refractivity (Wildman–Crippen MR) is 110 cm³/mol. The minimum absolute atomic E-state index is 0.0976. The molecule has 160 valence electrons. The van der Waals surface area contributed by atoms with Gasteiger partial charge in [-0.2, -0.15) is 18.2 Å². The summed E-state index contributed by atoms with van der Waals surface area (Å²) in [5.41, 5.74) is 0.462. The molecular formula is C22H18F3N3O2S. The number of rotatable bonds is 5. The fourth-order valence-electron chi connectivity index (χ4n) is 2.94. The number of carbonyl (C=O) groups is 2. The van der Waals surface area contributed by atoms with Gasteiger partial charge in [0.15, 0.2) is 4.80 Å². The summed E-state index contributed by atoms with van der Waals surface area (Å²) in [4.78, 5) is 28.9. The number of benzene rings is 2. The summed E-state index contributed by atoms with van der Waals surface area (Å²) in [6, 6.07) is 11.6. The zero-order chi connectivity index (χ0) is 22.0. The summed E-state index contributed by atoms with van der Waals surface area (Å²) in [6.07, 6.45) is -0.744. The van der Waals surface area contributed by atoms with Crippen molar-refractivity contribution in [1.82, 2.24) is 9.88 Å². The zero-order valence-electron chi connectivity index (χ0n) is 16.2. The van der Waals surface area contributed by atoms with Crippen LogP contribution in [0.25, 0.3) is 0 Å². The Labute approximate surface area is 179 Å². The molecule has 3 aromatic rings. The lowest BCUT2D eigenvalue weighted by atomic mass is 10.1. The molecule has 0 aliphatic heterocycles. The van der Waals surface area contributed by atoms with Crippen LogP contribution in [0.4, 0.5) is 13.2 Å². The Morgan fingerprint density at radius 2 is 1.84 bits per heavy atom. The van der Waals surface area contributed by atoms with E-state index >= 15 is 0 Å². The number of carbonyl (C=O) groups excluding carboxylic acids is 2. The number of alkyl halides is 3. The Morgan fingerprint density at radius 3 is 2.52 bits per heavy atom. The molecule has 0 unspecified atom stereocenters. The standard InChI is InChI=1S/C22H18F3N3O2S/c23-22(24,25)17-3-1-2-16(12-17)20(30)27-21-28(10-11-31-21)13-14-4-6-15(7-5-14)19(29)26-18-8-9-18/h1-7,10-12,18H,8-9,13H2,(H,26,29). The molecule has 9 heteroatoms. The van der Waals surface area contributed by atoms with E-state index in [1.54, 1.807) is 28.3 Å². The third-order valence-corrected chi connectivity index (χ3v) is 5.57. The van der Waals surface area contributed by atoms with Crippen LogP contribution in [0.5, 0.6) is 0 Å². The third kappa shape index (κ3) is 5.29. The van der Waals surface area contributed by atoms with Crippen LogP contribution in [0.15, 0.2) is 65.1 Å². The molecule has 1 fully saturated rings. The van der Waals surface area contributed by atoms with Gasteiger partial charge in [-0.15, -0.1) is 11.3 Å². The molecule has 1 heterocycles. The maximum atomic E-state index is 12.9.